The normalized spacial score (nSPS) is 18.2. The van der Waals surface area contributed by atoms with E-state index in [-0.39, 0.29) is 12.2 Å². The Morgan fingerprint density at radius 2 is 1.42 bits per heavy atom. The second-order valence-corrected chi connectivity index (χ2v) is 12.3. The van der Waals surface area contributed by atoms with Gasteiger partial charge >= 0.3 is 13.9 Å². The third-order valence-electron chi connectivity index (χ3n) is 8.83. The second-order valence-electron chi connectivity index (χ2n) is 11.6. The average molecular weight is 697 g/mol. The summed E-state index contributed by atoms with van der Waals surface area (Å²) in [4.78, 5) is 39.9. The number of aliphatic hydroxyl groups is 1. The number of amides is 1. The van der Waals surface area contributed by atoms with Gasteiger partial charge in [0, 0.05) is 22.7 Å². The Hall–Kier alpha value is -5.23. The molecule has 1 saturated heterocycles. The Balaban J connectivity index is 1.42. The van der Waals surface area contributed by atoms with Crippen LogP contribution < -0.4 is 20.5 Å². The van der Waals surface area contributed by atoms with E-state index >= 15 is 0 Å². The maximum Gasteiger partial charge on any atom is 0.695 e. The number of ether oxygens (including phenoxy) is 3. The van der Waals surface area contributed by atoms with Crippen molar-refractivity contribution >= 4 is 20.0 Å². The Bertz CT molecular complexity index is 1940. The number of carbonyl (C=O) groups excluding carboxylic acids is 1. The molecule has 5 aromatic rings. The summed E-state index contributed by atoms with van der Waals surface area (Å²) in [5, 5.41) is 15.4. The summed E-state index contributed by atoms with van der Waals surface area (Å²) in [7, 11) is -0.0157. The molecule has 13 heteroatoms. The number of anilines is 1. The quantitative estimate of drug-likeness (QED) is 0.117. The lowest BCUT2D eigenvalue weighted by atomic mass is 9.64. The molecule has 1 fully saturated rings. The molecule has 5 atom stereocenters. The molecule has 1 aromatic heterocycles. The standard InChI is InChI=1S/C37H34N3O9P/c1-46-28-17-13-26(14-18-28)37(25-11-7-4-8-12-25,27-15-19-29(47-2)20-16-27)34(41)33-30(49-50(44)45)23-32(48-33)40-22-21-31(39-36(40)43)38-35(42)24-9-5-3-6-10-24/h3-22,30,32-34,41H,23H2,1-2H3,(H-,38,39,42,43,44,45)/p+1/t30-,32+,33-,34?/m0/s1. The molecule has 50 heavy (non-hydrogen) atoms. The van der Waals surface area contributed by atoms with Crippen LogP contribution in [-0.4, -0.2) is 58.0 Å². The van der Waals surface area contributed by atoms with Crippen molar-refractivity contribution in [3.05, 3.63) is 154 Å². The summed E-state index contributed by atoms with van der Waals surface area (Å²) in [5.41, 5.74) is 0.333. The highest BCUT2D eigenvalue weighted by Gasteiger charge is 2.55. The third kappa shape index (κ3) is 6.93. The van der Waals surface area contributed by atoms with Gasteiger partial charge < -0.3 is 24.6 Å². The van der Waals surface area contributed by atoms with E-state index in [1.54, 1.807) is 68.8 Å². The van der Waals surface area contributed by atoms with Crippen molar-refractivity contribution < 1.29 is 38.1 Å². The van der Waals surface area contributed by atoms with Crippen molar-refractivity contribution in [3.8, 4) is 11.5 Å². The van der Waals surface area contributed by atoms with Crippen LogP contribution in [0.25, 0.3) is 0 Å². The van der Waals surface area contributed by atoms with Gasteiger partial charge in [-0.05, 0) is 59.2 Å². The van der Waals surface area contributed by atoms with Crippen molar-refractivity contribution in [2.45, 2.75) is 36.4 Å². The number of aromatic nitrogens is 2. The third-order valence-corrected chi connectivity index (χ3v) is 9.28. The van der Waals surface area contributed by atoms with Crippen LogP contribution in [-0.2, 0) is 19.2 Å². The van der Waals surface area contributed by atoms with E-state index in [0.29, 0.717) is 33.8 Å². The fourth-order valence-electron chi connectivity index (χ4n) is 6.48. The maximum atomic E-state index is 13.3. The van der Waals surface area contributed by atoms with E-state index < -0.39 is 49.8 Å². The minimum absolute atomic E-state index is 0.0306. The maximum absolute atomic E-state index is 13.3. The van der Waals surface area contributed by atoms with Crippen LogP contribution in [0.3, 0.4) is 0 Å². The number of hydrogen-bond donors (Lipinski definition) is 3. The fraction of sp³-hybridized carbons (Fsp3) is 0.216. The number of nitrogens with one attached hydrogen (secondary N) is 1. The minimum Gasteiger partial charge on any atom is -0.497 e. The summed E-state index contributed by atoms with van der Waals surface area (Å²) in [6.45, 7) is 0. The van der Waals surface area contributed by atoms with Crippen LogP contribution in [0.2, 0.25) is 0 Å². The predicted octanol–water partition coefficient (Wildman–Crippen LogP) is 5.23. The molecule has 4 aromatic carbocycles. The molecular weight excluding hydrogens is 661 g/mol. The number of hydrogen-bond acceptors (Lipinski definition) is 9. The van der Waals surface area contributed by atoms with Crippen LogP contribution >= 0.6 is 8.25 Å². The largest absolute Gasteiger partial charge is 0.695 e. The molecule has 0 bridgehead atoms. The zero-order valence-electron chi connectivity index (χ0n) is 27.2. The number of aliphatic hydroxyl groups excluding tert-OH is 1. The van der Waals surface area contributed by atoms with Gasteiger partial charge in [-0.3, -0.25) is 9.36 Å². The summed E-state index contributed by atoms with van der Waals surface area (Å²) >= 11 is 0. The molecule has 0 aliphatic carbocycles. The lowest BCUT2D eigenvalue weighted by Crippen LogP contribution is -2.51. The van der Waals surface area contributed by atoms with Crippen molar-refractivity contribution in [2.24, 2.45) is 0 Å². The highest BCUT2D eigenvalue weighted by Crippen LogP contribution is 2.48. The van der Waals surface area contributed by atoms with Gasteiger partial charge in [-0.25, -0.2) is 4.79 Å². The molecule has 1 aliphatic rings. The number of methoxy groups -OCH3 is 2. The van der Waals surface area contributed by atoms with Crippen LogP contribution in [0, 0.1) is 0 Å². The molecule has 1 amide bonds. The molecule has 256 valence electrons. The Morgan fingerprint density at radius 1 is 0.880 bits per heavy atom. The van der Waals surface area contributed by atoms with Crippen LogP contribution in [0.1, 0.15) is 39.7 Å². The summed E-state index contributed by atoms with van der Waals surface area (Å²) in [6, 6.07) is 33.7. The Morgan fingerprint density at radius 3 is 1.94 bits per heavy atom. The van der Waals surface area contributed by atoms with Gasteiger partial charge in [-0.2, -0.15) is 4.98 Å². The highest BCUT2D eigenvalue weighted by atomic mass is 31.1. The molecule has 6 rings (SSSR count). The zero-order chi connectivity index (χ0) is 35.3. The molecule has 0 saturated carbocycles. The average Bonchev–Trinajstić information content (AvgIpc) is 3.55. The molecule has 12 nitrogen and oxygen atoms in total. The lowest BCUT2D eigenvalue weighted by molar-refractivity contribution is -0.0942. The molecular formula is C37H35N3O9P+. The van der Waals surface area contributed by atoms with Crippen molar-refractivity contribution in [3.63, 3.8) is 0 Å². The van der Waals surface area contributed by atoms with Crippen LogP contribution in [0.15, 0.2) is 126 Å². The first-order chi connectivity index (χ1) is 24.2. The predicted molar refractivity (Wildman–Crippen MR) is 184 cm³/mol. The van der Waals surface area contributed by atoms with Gasteiger partial charge in [0.2, 0.25) is 0 Å². The Labute approximate surface area is 288 Å². The SMILES string of the molecule is COc1ccc(C(c2ccccc2)(c2ccc(OC)cc2)C(O)[C@H]2O[C@@H](n3ccc(NC(=O)c4ccccc4)nc3=O)C[C@@H]2O[P+](=O)O)cc1. The second kappa shape index (κ2) is 15.1. The van der Waals surface area contributed by atoms with Crippen molar-refractivity contribution in [2.75, 3.05) is 19.5 Å². The first kappa shape index (κ1) is 34.6. The number of rotatable bonds is 12. The first-order valence-electron chi connectivity index (χ1n) is 15.7. The fourth-order valence-corrected chi connectivity index (χ4v) is 6.92. The van der Waals surface area contributed by atoms with Gasteiger partial charge in [-0.15, -0.1) is 9.42 Å². The summed E-state index contributed by atoms with van der Waals surface area (Å²) in [6.07, 6.45) is -3.54. The Kier molecular flexibility index (Phi) is 10.5. The van der Waals surface area contributed by atoms with Gasteiger partial charge in [0.1, 0.15) is 41.9 Å². The van der Waals surface area contributed by atoms with E-state index in [9.17, 15) is 24.2 Å². The van der Waals surface area contributed by atoms with E-state index in [1.807, 2.05) is 54.6 Å². The van der Waals surface area contributed by atoms with E-state index in [1.165, 1.54) is 16.8 Å². The lowest BCUT2D eigenvalue weighted by Gasteiger charge is -2.42. The zero-order valence-corrected chi connectivity index (χ0v) is 28.1. The molecule has 0 spiro atoms. The highest BCUT2D eigenvalue weighted by molar-refractivity contribution is 7.32. The van der Waals surface area contributed by atoms with Crippen LogP contribution in [0.5, 0.6) is 11.5 Å². The molecule has 1 aliphatic heterocycles. The molecule has 0 radical (unpaired) electrons. The minimum atomic E-state index is -3.13. The number of carbonyl (C=O) groups is 1. The van der Waals surface area contributed by atoms with Gasteiger partial charge in [0.05, 0.1) is 19.6 Å². The van der Waals surface area contributed by atoms with Gasteiger partial charge in [-0.1, -0.05) is 72.8 Å². The molecule has 3 N–H and O–H groups in total. The van der Waals surface area contributed by atoms with Gasteiger partial charge in [0.25, 0.3) is 5.91 Å². The molecule has 2 heterocycles. The van der Waals surface area contributed by atoms with Crippen molar-refractivity contribution in [1.29, 1.82) is 0 Å². The monoisotopic (exact) mass is 696 g/mol. The first-order valence-corrected chi connectivity index (χ1v) is 16.8. The summed E-state index contributed by atoms with van der Waals surface area (Å²) in [5.74, 6) is 0.796. The van der Waals surface area contributed by atoms with E-state index in [2.05, 4.69) is 10.3 Å². The number of nitrogens with zero attached hydrogens (tertiary/aromatic N) is 2. The smallest absolute Gasteiger partial charge is 0.497 e. The topological polar surface area (TPSA) is 158 Å². The van der Waals surface area contributed by atoms with E-state index in [4.69, 9.17) is 18.7 Å². The van der Waals surface area contributed by atoms with Crippen LogP contribution in [0.4, 0.5) is 5.82 Å². The molecule has 2 unspecified atom stereocenters. The van der Waals surface area contributed by atoms with Gasteiger partial charge in [0.15, 0.2) is 0 Å². The summed E-state index contributed by atoms with van der Waals surface area (Å²) < 4.78 is 36.1. The van der Waals surface area contributed by atoms with E-state index in [0.717, 1.165) is 0 Å². The van der Waals surface area contributed by atoms with Crippen molar-refractivity contribution in [1.82, 2.24) is 9.55 Å². The number of benzene rings is 4.